The molecule has 0 aliphatic rings. The number of hydrogen-bond acceptors (Lipinski definition) is 5. The SMILES string of the molecule is O=C(Nc1ccc(Oc2ccnc(C(=O)NNC(=O)c3ccccc3Br)c2)cc1)Nc1ccc(Cl)c(C(F)(F)F)c1. The lowest BCUT2D eigenvalue weighted by atomic mass is 10.2. The number of carbonyl (C=O) groups is 3. The maximum atomic E-state index is 13.0. The zero-order chi connectivity index (χ0) is 29.6. The molecule has 4 N–H and O–H groups in total. The molecule has 0 saturated carbocycles. The number of benzene rings is 3. The minimum atomic E-state index is -4.67. The van der Waals surface area contributed by atoms with Crippen LogP contribution in [0.5, 0.6) is 11.5 Å². The maximum absolute atomic E-state index is 13.0. The highest BCUT2D eigenvalue weighted by molar-refractivity contribution is 9.10. The lowest BCUT2D eigenvalue weighted by Gasteiger charge is -2.13. The number of rotatable bonds is 6. The predicted molar refractivity (Wildman–Crippen MR) is 149 cm³/mol. The number of carbonyl (C=O) groups excluding carboxylic acids is 3. The van der Waals surface area contributed by atoms with Gasteiger partial charge in [0.25, 0.3) is 11.8 Å². The van der Waals surface area contributed by atoms with E-state index in [-0.39, 0.29) is 17.1 Å². The Morgan fingerprint density at radius 2 is 1.46 bits per heavy atom. The molecule has 0 radical (unpaired) electrons. The molecule has 0 unspecified atom stereocenters. The average Bonchev–Trinajstić information content (AvgIpc) is 2.93. The Kier molecular flexibility index (Phi) is 9.10. The second-order valence-corrected chi connectivity index (χ2v) is 9.42. The minimum Gasteiger partial charge on any atom is -0.457 e. The van der Waals surface area contributed by atoms with Gasteiger partial charge < -0.3 is 15.4 Å². The van der Waals surface area contributed by atoms with Crippen molar-refractivity contribution in [3.63, 3.8) is 0 Å². The van der Waals surface area contributed by atoms with Crippen molar-refractivity contribution in [1.29, 1.82) is 0 Å². The van der Waals surface area contributed by atoms with Gasteiger partial charge in [-0.1, -0.05) is 23.7 Å². The molecule has 0 aliphatic carbocycles. The van der Waals surface area contributed by atoms with Crippen molar-refractivity contribution in [2.24, 2.45) is 0 Å². The van der Waals surface area contributed by atoms with Gasteiger partial charge in [-0.2, -0.15) is 13.2 Å². The molecule has 0 aliphatic heterocycles. The highest BCUT2D eigenvalue weighted by Crippen LogP contribution is 2.36. The Balaban J connectivity index is 1.32. The number of alkyl halides is 3. The Hall–Kier alpha value is -4.62. The summed E-state index contributed by atoms with van der Waals surface area (Å²) < 4.78 is 45.4. The second kappa shape index (κ2) is 12.7. The van der Waals surface area contributed by atoms with Crippen molar-refractivity contribution in [3.05, 3.63) is 111 Å². The number of ether oxygens (including phenoxy) is 1. The highest BCUT2D eigenvalue weighted by atomic mass is 79.9. The van der Waals surface area contributed by atoms with Crippen molar-refractivity contribution in [2.75, 3.05) is 10.6 Å². The van der Waals surface area contributed by atoms with Gasteiger partial charge in [0.15, 0.2) is 0 Å². The first-order valence-corrected chi connectivity index (χ1v) is 12.7. The molecule has 0 fully saturated rings. The number of amides is 4. The molecule has 41 heavy (non-hydrogen) atoms. The number of nitrogens with one attached hydrogen (secondary N) is 4. The lowest BCUT2D eigenvalue weighted by molar-refractivity contribution is -0.137. The van der Waals surface area contributed by atoms with Crippen LogP contribution < -0.4 is 26.2 Å². The van der Waals surface area contributed by atoms with Crippen molar-refractivity contribution in [2.45, 2.75) is 6.18 Å². The third-order valence-corrected chi connectivity index (χ3v) is 6.27. The zero-order valence-electron chi connectivity index (χ0n) is 20.6. The number of hydrogen-bond donors (Lipinski definition) is 4. The molecule has 4 amide bonds. The van der Waals surface area contributed by atoms with Gasteiger partial charge >= 0.3 is 12.2 Å². The maximum Gasteiger partial charge on any atom is 0.417 e. The number of aromatic nitrogens is 1. The quantitative estimate of drug-likeness (QED) is 0.167. The fourth-order valence-electron chi connectivity index (χ4n) is 3.35. The molecular formula is C27H18BrClF3N5O4. The van der Waals surface area contributed by atoms with Crippen molar-refractivity contribution < 1.29 is 32.3 Å². The highest BCUT2D eigenvalue weighted by Gasteiger charge is 2.33. The Bertz CT molecular complexity index is 1600. The summed E-state index contributed by atoms with van der Waals surface area (Å²) in [7, 11) is 0. The average molecular weight is 649 g/mol. The summed E-state index contributed by atoms with van der Waals surface area (Å²) in [5.74, 6) is -0.587. The molecule has 9 nitrogen and oxygen atoms in total. The van der Waals surface area contributed by atoms with E-state index < -0.39 is 34.6 Å². The molecular weight excluding hydrogens is 631 g/mol. The van der Waals surface area contributed by atoms with Crippen LogP contribution in [-0.2, 0) is 6.18 Å². The standard InChI is InChI=1S/C27H18BrClF3N5O4/c28-21-4-2-1-3-19(21)24(38)36-37-25(39)23-14-18(11-12-33-23)41-17-8-5-15(6-9-17)34-26(40)35-16-7-10-22(29)20(13-16)27(30,31)32/h1-14H,(H,36,38)(H,37,39)(H2,34,35,40). The summed E-state index contributed by atoms with van der Waals surface area (Å²) in [6, 6.07) is 17.9. The molecule has 0 saturated heterocycles. The molecule has 0 bridgehead atoms. The molecule has 4 rings (SSSR count). The van der Waals surface area contributed by atoms with Gasteiger partial charge in [-0.15, -0.1) is 0 Å². The summed E-state index contributed by atoms with van der Waals surface area (Å²) >= 11 is 8.86. The Morgan fingerprint density at radius 1 is 0.805 bits per heavy atom. The van der Waals surface area contributed by atoms with E-state index in [0.717, 1.165) is 12.1 Å². The lowest BCUT2D eigenvalue weighted by Crippen LogP contribution is -2.42. The topological polar surface area (TPSA) is 121 Å². The molecule has 14 heteroatoms. The van der Waals surface area contributed by atoms with Gasteiger partial charge in [-0.3, -0.25) is 25.4 Å². The molecule has 1 heterocycles. The van der Waals surface area contributed by atoms with Crippen LogP contribution in [0.2, 0.25) is 5.02 Å². The molecule has 0 spiro atoms. The monoisotopic (exact) mass is 647 g/mol. The van der Waals surface area contributed by atoms with Gasteiger partial charge in [0.1, 0.15) is 17.2 Å². The first-order valence-electron chi connectivity index (χ1n) is 11.5. The van der Waals surface area contributed by atoms with E-state index in [1.165, 1.54) is 48.7 Å². The number of hydrazine groups is 1. The van der Waals surface area contributed by atoms with E-state index in [9.17, 15) is 27.6 Å². The van der Waals surface area contributed by atoms with E-state index >= 15 is 0 Å². The smallest absolute Gasteiger partial charge is 0.417 e. The van der Waals surface area contributed by atoms with Crippen LogP contribution in [0.25, 0.3) is 0 Å². The van der Waals surface area contributed by atoms with Crippen LogP contribution in [0.1, 0.15) is 26.4 Å². The van der Waals surface area contributed by atoms with E-state index in [4.69, 9.17) is 16.3 Å². The fourth-order valence-corrected chi connectivity index (χ4v) is 4.03. The molecule has 210 valence electrons. The zero-order valence-corrected chi connectivity index (χ0v) is 22.9. The summed E-state index contributed by atoms with van der Waals surface area (Å²) in [5.41, 5.74) is 4.06. The fraction of sp³-hybridized carbons (Fsp3) is 0.0370. The number of halogens is 5. The van der Waals surface area contributed by atoms with Gasteiger partial charge in [0, 0.05) is 28.1 Å². The third kappa shape index (κ3) is 7.96. The van der Waals surface area contributed by atoms with Gasteiger partial charge in [-0.05, 0) is 76.6 Å². The summed E-state index contributed by atoms with van der Waals surface area (Å²) in [4.78, 5) is 41.0. The molecule has 1 aromatic heterocycles. The Morgan fingerprint density at radius 3 is 2.17 bits per heavy atom. The van der Waals surface area contributed by atoms with Gasteiger partial charge in [0.05, 0.1) is 16.1 Å². The van der Waals surface area contributed by atoms with E-state index in [1.807, 2.05) is 0 Å². The van der Waals surface area contributed by atoms with Crippen molar-refractivity contribution >= 4 is 56.8 Å². The minimum absolute atomic E-state index is 0.0271. The first-order chi connectivity index (χ1) is 19.5. The molecule has 4 aromatic rings. The number of anilines is 2. The predicted octanol–water partition coefficient (Wildman–Crippen LogP) is 7.03. The summed E-state index contributed by atoms with van der Waals surface area (Å²) in [6.45, 7) is 0. The largest absolute Gasteiger partial charge is 0.457 e. The van der Waals surface area contributed by atoms with Crippen LogP contribution in [-0.4, -0.2) is 22.8 Å². The molecule has 0 atom stereocenters. The van der Waals surface area contributed by atoms with Crippen molar-refractivity contribution in [3.8, 4) is 11.5 Å². The van der Waals surface area contributed by atoms with Crippen LogP contribution >= 0.6 is 27.5 Å². The first kappa shape index (κ1) is 29.4. The van der Waals surface area contributed by atoms with E-state index in [0.29, 0.717) is 21.5 Å². The third-order valence-electron chi connectivity index (χ3n) is 5.25. The number of pyridine rings is 1. The summed E-state index contributed by atoms with van der Waals surface area (Å²) in [5, 5.41) is 4.33. The van der Waals surface area contributed by atoms with Crippen molar-refractivity contribution in [1.82, 2.24) is 15.8 Å². The molecule has 3 aromatic carbocycles. The second-order valence-electron chi connectivity index (χ2n) is 8.16. The van der Waals surface area contributed by atoms with Crippen LogP contribution in [0.3, 0.4) is 0 Å². The summed E-state index contributed by atoms with van der Waals surface area (Å²) in [6.07, 6.45) is -3.32. The van der Waals surface area contributed by atoms with E-state index in [2.05, 4.69) is 42.4 Å². The van der Waals surface area contributed by atoms with E-state index in [1.54, 1.807) is 24.3 Å². The Labute approximate surface area is 244 Å². The van der Waals surface area contributed by atoms with Crippen LogP contribution in [0.4, 0.5) is 29.3 Å². The van der Waals surface area contributed by atoms with Crippen LogP contribution in [0.15, 0.2) is 89.5 Å². The van der Waals surface area contributed by atoms with Gasteiger partial charge in [0.2, 0.25) is 0 Å². The normalized spacial score (nSPS) is 10.9. The van der Waals surface area contributed by atoms with Gasteiger partial charge in [-0.25, -0.2) is 4.79 Å². The number of nitrogens with zero attached hydrogens (tertiary/aromatic N) is 1. The number of urea groups is 1. The van der Waals surface area contributed by atoms with Crippen LogP contribution in [0, 0.1) is 0 Å².